The normalized spacial score (nSPS) is 10.4. The van der Waals surface area contributed by atoms with Crippen LogP contribution in [-0.2, 0) is 6.42 Å². The minimum atomic E-state index is -1.75. The lowest BCUT2D eigenvalue weighted by molar-refractivity contribution is -0.402. The minimum absolute atomic E-state index is 0.158. The summed E-state index contributed by atoms with van der Waals surface area (Å²) in [6.45, 7) is 0. The molecule has 168 valence electrons. The number of hydrogen-bond acceptors (Lipinski definition) is 7. The first kappa shape index (κ1) is 22.8. The zero-order valence-corrected chi connectivity index (χ0v) is 16.7. The predicted octanol–water partition coefficient (Wildman–Crippen LogP) is 2.89. The Morgan fingerprint density at radius 1 is 0.727 bits per heavy atom. The van der Waals surface area contributed by atoms with Gasteiger partial charge < -0.3 is 35.7 Å². The number of carboxylic acid groups (broad SMARTS) is 2. The fourth-order valence-corrected chi connectivity index (χ4v) is 3.65. The van der Waals surface area contributed by atoms with Crippen LogP contribution < -0.4 is 10.2 Å². The summed E-state index contributed by atoms with van der Waals surface area (Å²) >= 11 is 0. The van der Waals surface area contributed by atoms with Crippen molar-refractivity contribution in [3.05, 3.63) is 98.2 Å². The highest BCUT2D eigenvalue weighted by molar-refractivity contribution is 6.02. The summed E-state index contributed by atoms with van der Waals surface area (Å²) in [6, 6.07) is 16.3. The lowest BCUT2D eigenvalue weighted by atomic mass is 9.90. The van der Waals surface area contributed by atoms with Gasteiger partial charge in [0.1, 0.15) is 0 Å². The molecule has 0 spiro atoms. The fraction of sp³-hybridized carbons (Fsp3) is 0.0435. The van der Waals surface area contributed by atoms with E-state index in [1.165, 1.54) is 12.1 Å². The molecule has 10 nitrogen and oxygen atoms in total. The van der Waals surface area contributed by atoms with Crippen molar-refractivity contribution in [1.82, 2.24) is 0 Å². The van der Waals surface area contributed by atoms with Gasteiger partial charge >= 0.3 is 11.9 Å². The SMILES string of the molecule is O=C(O)c1cc2ccccc2c(Cc2c([O-])c(C(=O)O)cc3ccccc23)c1[O-].O=[N+]([O-])[O-]. The van der Waals surface area contributed by atoms with Gasteiger partial charge in [0.05, 0.1) is 16.2 Å². The molecule has 0 aliphatic carbocycles. The molecular weight excluding hydrogens is 434 g/mol. The van der Waals surface area contributed by atoms with Gasteiger partial charge in [-0.25, -0.2) is 9.59 Å². The van der Waals surface area contributed by atoms with Crippen molar-refractivity contribution in [1.29, 1.82) is 0 Å². The maximum Gasteiger partial charge on any atom is 0.335 e. The molecule has 4 aromatic carbocycles. The molecular formula is C23H14NO9-3. The molecule has 0 amide bonds. The van der Waals surface area contributed by atoms with E-state index in [0.717, 1.165) is 0 Å². The number of rotatable bonds is 4. The number of aromatic carboxylic acids is 2. The summed E-state index contributed by atoms with van der Waals surface area (Å²) in [5.41, 5.74) is -0.453. The Balaban J connectivity index is 0.000000709. The van der Waals surface area contributed by atoms with Gasteiger partial charge in [-0.05, 0) is 51.2 Å². The molecule has 2 N–H and O–H groups in total. The van der Waals surface area contributed by atoms with Crippen molar-refractivity contribution in [3.8, 4) is 11.5 Å². The van der Waals surface area contributed by atoms with Gasteiger partial charge in [0, 0.05) is 0 Å². The molecule has 0 fully saturated rings. The van der Waals surface area contributed by atoms with Crippen LogP contribution in [0.2, 0.25) is 0 Å². The van der Waals surface area contributed by atoms with Gasteiger partial charge in [-0.3, -0.25) is 0 Å². The molecule has 0 aliphatic rings. The number of carbonyl (C=O) groups is 2. The first-order chi connectivity index (χ1) is 15.6. The van der Waals surface area contributed by atoms with Crippen molar-refractivity contribution in [2.24, 2.45) is 0 Å². The topological polar surface area (TPSA) is 187 Å². The Kier molecular flexibility index (Phi) is 6.29. The van der Waals surface area contributed by atoms with Crippen molar-refractivity contribution in [3.63, 3.8) is 0 Å². The average molecular weight is 448 g/mol. The van der Waals surface area contributed by atoms with E-state index in [-0.39, 0.29) is 28.7 Å². The van der Waals surface area contributed by atoms with Gasteiger partial charge in [-0.15, -0.1) is 0 Å². The quantitative estimate of drug-likeness (QED) is 0.349. The van der Waals surface area contributed by atoms with E-state index in [1.807, 2.05) is 0 Å². The van der Waals surface area contributed by atoms with Gasteiger partial charge in [0.2, 0.25) is 0 Å². The smallest absolute Gasteiger partial charge is 0.335 e. The van der Waals surface area contributed by atoms with Crippen LogP contribution in [0.4, 0.5) is 0 Å². The van der Waals surface area contributed by atoms with Gasteiger partial charge in [0.15, 0.2) is 0 Å². The van der Waals surface area contributed by atoms with Crippen LogP contribution in [0.1, 0.15) is 31.8 Å². The Morgan fingerprint density at radius 3 is 1.39 bits per heavy atom. The number of fused-ring (bicyclic) bond motifs is 2. The molecule has 4 aromatic rings. The largest absolute Gasteiger partial charge is 0.872 e. The minimum Gasteiger partial charge on any atom is -0.872 e. The van der Waals surface area contributed by atoms with Crippen LogP contribution in [0.25, 0.3) is 21.5 Å². The molecule has 0 radical (unpaired) electrons. The fourth-order valence-electron chi connectivity index (χ4n) is 3.65. The van der Waals surface area contributed by atoms with Gasteiger partial charge in [0.25, 0.3) is 0 Å². The Hall–Kier alpha value is -4.86. The zero-order valence-electron chi connectivity index (χ0n) is 16.7. The molecule has 0 bridgehead atoms. The summed E-state index contributed by atoms with van der Waals surface area (Å²) in [6.07, 6.45) is -0.166. The first-order valence-electron chi connectivity index (χ1n) is 9.33. The third kappa shape index (κ3) is 4.59. The molecule has 0 atom stereocenters. The van der Waals surface area contributed by atoms with E-state index < -0.39 is 28.5 Å². The van der Waals surface area contributed by atoms with Crippen molar-refractivity contribution < 1.29 is 35.1 Å². The lowest BCUT2D eigenvalue weighted by Crippen LogP contribution is -2.11. The predicted molar refractivity (Wildman–Crippen MR) is 114 cm³/mol. The zero-order chi connectivity index (χ0) is 24.3. The van der Waals surface area contributed by atoms with E-state index in [4.69, 9.17) is 15.3 Å². The molecule has 0 heterocycles. The second kappa shape index (κ2) is 9.10. The van der Waals surface area contributed by atoms with Gasteiger partial charge in [-0.1, -0.05) is 60.0 Å². The molecule has 0 aliphatic heterocycles. The third-order valence-electron chi connectivity index (χ3n) is 5.02. The molecule has 10 heteroatoms. The summed E-state index contributed by atoms with van der Waals surface area (Å²) in [7, 11) is 0. The highest BCUT2D eigenvalue weighted by Gasteiger charge is 2.16. The van der Waals surface area contributed by atoms with E-state index in [0.29, 0.717) is 21.5 Å². The van der Waals surface area contributed by atoms with E-state index >= 15 is 0 Å². The van der Waals surface area contributed by atoms with Gasteiger partial charge in [-0.2, -0.15) is 0 Å². The highest BCUT2D eigenvalue weighted by Crippen LogP contribution is 2.36. The third-order valence-corrected chi connectivity index (χ3v) is 5.02. The standard InChI is InChI=1S/C23H16O6.NO3/c24-20-16(14-7-3-1-5-12(14)9-18(20)22(26)27)11-17-15-8-4-2-6-13(15)10-19(21(17)25)23(28)29;2-1(3)4/h1-10,24-25H,11H2,(H,26,27)(H,28,29);/q;-1/p-2. The highest BCUT2D eigenvalue weighted by atomic mass is 16.9. The number of benzene rings is 4. The summed E-state index contributed by atoms with van der Waals surface area (Å²) in [4.78, 5) is 31.4. The molecule has 0 aromatic heterocycles. The first-order valence-corrected chi connectivity index (χ1v) is 9.33. The second-order valence-electron chi connectivity index (χ2n) is 6.92. The van der Waals surface area contributed by atoms with Crippen LogP contribution in [-0.4, -0.2) is 27.2 Å². The van der Waals surface area contributed by atoms with Crippen LogP contribution >= 0.6 is 0 Å². The van der Waals surface area contributed by atoms with Crippen LogP contribution in [0.3, 0.4) is 0 Å². The van der Waals surface area contributed by atoms with Crippen molar-refractivity contribution in [2.45, 2.75) is 6.42 Å². The number of hydrogen-bond donors (Lipinski definition) is 2. The average Bonchev–Trinajstić information content (AvgIpc) is 2.75. The molecule has 0 unspecified atom stereocenters. The molecule has 0 saturated heterocycles. The van der Waals surface area contributed by atoms with E-state index in [2.05, 4.69) is 0 Å². The monoisotopic (exact) mass is 448 g/mol. The summed E-state index contributed by atoms with van der Waals surface area (Å²) in [5.74, 6) is -4.07. The second-order valence-corrected chi connectivity index (χ2v) is 6.92. The van der Waals surface area contributed by atoms with Crippen LogP contribution in [0, 0.1) is 15.3 Å². The maximum atomic E-state index is 12.9. The lowest BCUT2D eigenvalue weighted by Gasteiger charge is -2.24. The van der Waals surface area contributed by atoms with E-state index in [1.54, 1.807) is 48.5 Å². The molecule has 0 saturated carbocycles. The number of nitrogens with zero attached hydrogens (tertiary/aromatic N) is 1. The number of carboxylic acids is 2. The maximum absolute atomic E-state index is 12.9. The molecule has 33 heavy (non-hydrogen) atoms. The van der Waals surface area contributed by atoms with Crippen molar-refractivity contribution in [2.75, 3.05) is 0 Å². The van der Waals surface area contributed by atoms with Crippen LogP contribution in [0.5, 0.6) is 11.5 Å². The Bertz CT molecular complexity index is 1310. The van der Waals surface area contributed by atoms with Crippen LogP contribution in [0.15, 0.2) is 60.7 Å². The Morgan fingerprint density at radius 2 is 1.06 bits per heavy atom. The van der Waals surface area contributed by atoms with E-state index in [9.17, 15) is 30.0 Å². The summed E-state index contributed by atoms with van der Waals surface area (Å²) in [5, 5.41) is 61.6. The molecule has 4 rings (SSSR count). The summed E-state index contributed by atoms with van der Waals surface area (Å²) < 4.78 is 0. The Labute approximate surface area is 185 Å². The van der Waals surface area contributed by atoms with Crippen molar-refractivity contribution >= 4 is 33.5 Å².